The number of amides is 1. The summed E-state index contributed by atoms with van der Waals surface area (Å²) in [6, 6.07) is 20.1. The third kappa shape index (κ3) is 4.30. The first-order valence-corrected chi connectivity index (χ1v) is 9.50. The molecule has 6 heteroatoms. The number of carbonyl (C=O) groups is 1. The van der Waals surface area contributed by atoms with Crippen molar-refractivity contribution in [2.45, 2.75) is 13.1 Å². The van der Waals surface area contributed by atoms with E-state index in [0.717, 1.165) is 21.8 Å². The van der Waals surface area contributed by atoms with Crippen molar-refractivity contribution in [2.75, 3.05) is 0 Å². The molecule has 0 aliphatic heterocycles. The maximum Gasteiger partial charge on any atom is 0.254 e. The van der Waals surface area contributed by atoms with Crippen molar-refractivity contribution in [3.63, 3.8) is 0 Å². The lowest BCUT2D eigenvalue weighted by atomic mass is 10.2. The molecule has 0 aliphatic carbocycles. The van der Waals surface area contributed by atoms with E-state index in [1.54, 1.807) is 28.4 Å². The quantitative estimate of drug-likeness (QED) is 0.555. The number of nitrogens with zero attached hydrogens (tertiary/aromatic N) is 3. The number of thiazole rings is 1. The molecule has 1 N–H and O–H groups in total. The van der Waals surface area contributed by atoms with Crippen LogP contribution in [0.3, 0.4) is 0 Å². The minimum absolute atomic E-state index is 0.149. The van der Waals surface area contributed by atoms with Crippen LogP contribution in [0.2, 0.25) is 0 Å². The van der Waals surface area contributed by atoms with Gasteiger partial charge in [-0.3, -0.25) is 9.48 Å². The van der Waals surface area contributed by atoms with Crippen LogP contribution >= 0.6 is 11.3 Å². The molecule has 0 saturated carbocycles. The molecule has 0 radical (unpaired) electrons. The second-order valence-corrected chi connectivity index (χ2v) is 6.96. The van der Waals surface area contributed by atoms with Gasteiger partial charge in [0.25, 0.3) is 5.91 Å². The number of carbonyl (C=O) groups excluding carboxylic acids is 1. The van der Waals surface area contributed by atoms with Crippen molar-refractivity contribution in [3.8, 4) is 10.6 Å². The van der Waals surface area contributed by atoms with Crippen molar-refractivity contribution in [1.29, 1.82) is 0 Å². The summed E-state index contributed by atoms with van der Waals surface area (Å²) >= 11 is 1.58. The fourth-order valence-electron chi connectivity index (χ4n) is 2.71. The van der Waals surface area contributed by atoms with Crippen LogP contribution in [0, 0.1) is 0 Å². The van der Waals surface area contributed by atoms with Gasteiger partial charge in [0, 0.05) is 17.1 Å². The van der Waals surface area contributed by atoms with E-state index >= 15 is 0 Å². The van der Waals surface area contributed by atoms with Gasteiger partial charge < -0.3 is 5.32 Å². The lowest BCUT2D eigenvalue weighted by molar-refractivity contribution is 0.0950. The summed E-state index contributed by atoms with van der Waals surface area (Å²) in [5.74, 6) is -0.149. The highest BCUT2D eigenvalue weighted by Crippen LogP contribution is 2.23. The fraction of sp³-hybridized carbons (Fsp3) is 0.0952. The lowest BCUT2D eigenvalue weighted by Gasteiger charge is -2.02. The summed E-state index contributed by atoms with van der Waals surface area (Å²) in [5.41, 5.74) is 3.62. The van der Waals surface area contributed by atoms with Gasteiger partial charge >= 0.3 is 0 Å². The molecule has 0 saturated heterocycles. The lowest BCUT2D eigenvalue weighted by Crippen LogP contribution is -2.22. The maximum absolute atomic E-state index is 12.4. The van der Waals surface area contributed by atoms with Crippen LogP contribution in [0.4, 0.5) is 0 Å². The second-order valence-electron chi connectivity index (χ2n) is 6.10. The predicted molar refractivity (Wildman–Crippen MR) is 106 cm³/mol. The molecule has 0 aliphatic rings. The van der Waals surface area contributed by atoms with Crippen molar-refractivity contribution in [2.24, 2.45) is 0 Å². The molecule has 2 heterocycles. The van der Waals surface area contributed by atoms with Gasteiger partial charge in [-0.05, 0) is 5.56 Å². The normalized spacial score (nSPS) is 10.7. The van der Waals surface area contributed by atoms with E-state index in [4.69, 9.17) is 0 Å². The molecule has 2 aromatic heterocycles. The van der Waals surface area contributed by atoms with Crippen molar-refractivity contribution < 1.29 is 4.79 Å². The minimum Gasteiger partial charge on any atom is -0.346 e. The predicted octanol–water partition coefficient (Wildman–Crippen LogP) is 3.98. The molecule has 27 heavy (non-hydrogen) atoms. The zero-order valence-corrected chi connectivity index (χ0v) is 15.4. The Balaban J connectivity index is 1.35. The van der Waals surface area contributed by atoms with Gasteiger partial charge in [0.2, 0.25) is 0 Å². The standard InChI is InChI=1S/C21H18N4OS/c26-20(18-11-23-25(14-18)13-16-7-3-1-4-8-16)22-12-19-15-27-21(24-19)17-9-5-2-6-10-17/h1-11,14-15H,12-13H2,(H,22,26). The van der Waals surface area contributed by atoms with Crippen LogP contribution in [0.1, 0.15) is 21.6 Å². The molecule has 4 rings (SSSR count). The van der Waals surface area contributed by atoms with E-state index in [0.29, 0.717) is 18.7 Å². The first kappa shape index (κ1) is 17.2. The van der Waals surface area contributed by atoms with Crippen LogP contribution in [0.15, 0.2) is 78.4 Å². The third-order valence-corrected chi connectivity index (χ3v) is 5.03. The van der Waals surface area contributed by atoms with Crippen LogP contribution in [0.25, 0.3) is 10.6 Å². The molecule has 4 aromatic rings. The smallest absolute Gasteiger partial charge is 0.254 e. The number of hydrogen-bond acceptors (Lipinski definition) is 4. The summed E-state index contributed by atoms with van der Waals surface area (Å²) < 4.78 is 1.76. The van der Waals surface area contributed by atoms with E-state index in [9.17, 15) is 4.79 Å². The Kier molecular flexibility index (Phi) is 5.07. The van der Waals surface area contributed by atoms with E-state index in [1.165, 1.54) is 0 Å². The van der Waals surface area contributed by atoms with Crippen LogP contribution < -0.4 is 5.32 Å². The highest BCUT2D eigenvalue weighted by molar-refractivity contribution is 7.13. The van der Waals surface area contributed by atoms with Gasteiger partial charge in [-0.1, -0.05) is 60.7 Å². The molecule has 0 spiro atoms. The van der Waals surface area contributed by atoms with E-state index in [1.807, 2.05) is 66.0 Å². The number of hydrogen-bond donors (Lipinski definition) is 1. The van der Waals surface area contributed by atoms with Gasteiger partial charge in [0.05, 0.1) is 30.5 Å². The highest BCUT2D eigenvalue weighted by Gasteiger charge is 2.10. The molecule has 0 fully saturated rings. The molecule has 1 amide bonds. The monoisotopic (exact) mass is 374 g/mol. The Labute approximate surface area is 161 Å². The average Bonchev–Trinajstić information content (AvgIpc) is 3.37. The van der Waals surface area contributed by atoms with Gasteiger partial charge in [0.1, 0.15) is 5.01 Å². The Morgan fingerprint density at radius 2 is 1.78 bits per heavy atom. The summed E-state index contributed by atoms with van der Waals surface area (Å²) in [4.78, 5) is 17.0. The molecule has 0 unspecified atom stereocenters. The number of nitrogens with one attached hydrogen (secondary N) is 1. The molecule has 0 bridgehead atoms. The molecular formula is C21H18N4OS. The third-order valence-electron chi connectivity index (χ3n) is 4.09. The Morgan fingerprint density at radius 3 is 2.56 bits per heavy atom. The van der Waals surface area contributed by atoms with Gasteiger partial charge in [0.15, 0.2) is 0 Å². The van der Waals surface area contributed by atoms with Crippen molar-refractivity contribution in [3.05, 3.63) is 95.3 Å². The number of aromatic nitrogens is 3. The Bertz CT molecular complexity index is 1020. The zero-order valence-electron chi connectivity index (χ0n) is 14.6. The first-order chi connectivity index (χ1) is 13.3. The Hall–Kier alpha value is -3.25. The molecule has 0 atom stereocenters. The molecule has 2 aromatic carbocycles. The average molecular weight is 374 g/mol. The summed E-state index contributed by atoms with van der Waals surface area (Å²) in [5, 5.41) is 10.1. The van der Waals surface area contributed by atoms with Crippen LogP contribution in [0.5, 0.6) is 0 Å². The summed E-state index contributed by atoms with van der Waals surface area (Å²) in [6.45, 7) is 1.03. The SMILES string of the molecule is O=C(NCc1csc(-c2ccccc2)n1)c1cnn(Cc2ccccc2)c1. The van der Waals surface area contributed by atoms with Crippen molar-refractivity contribution >= 4 is 17.2 Å². The minimum atomic E-state index is -0.149. The van der Waals surface area contributed by atoms with Crippen LogP contribution in [-0.4, -0.2) is 20.7 Å². The molecule has 134 valence electrons. The fourth-order valence-corrected chi connectivity index (χ4v) is 3.54. The Morgan fingerprint density at radius 1 is 1.04 bits per heavy atom. The molecule has 5 nitrogen and oxygen atoms in total. The van der Waals surface area contributed by atoms with E-state index in [2.05, 4.69) is 15.4 Å². The first-order valence-electron chi connectivity index (χ1n) is 8.62. The van der Waals surface area contributed by atoms with Gasteiger partial charge in [-0.15, -0.1) is 11.3 Å². The second kappa shape index (κ2) is 7.97. The van der Waals surface area contributed by atoms with Crippen molar-refractivity contribution in [1.82, 2.24) is 20.1 Å². The molecular weight excluding hydrogens is 356 g/mol. The zero-order chi connectivity index (χ0) is 18.5. The largest absolute Gasteiger partial charge is 0.346 e. The van der Waals surface area contributed by atoms with E-state index in [-0.39, 0.29) is 5.91 Å². The topological polar surface area (TPSA) is 59.8 Å². The van der Waals surface area contributed by atoms with Crippen LogP contribution in [-0.2, 0) is 13.1 Å². The summed E-state index contributed by atoms with van der Waals surface area (Å²) in [6.07, 6.45) is 3.35. The maximum atomic E-state index is 12.4. The number of rotatable bonds is 6. The highest BCUT2D eigenvalue weighted by atomic mass is 32.1. The van der Waals surface area contributed by atoms with E-state index < -0.39 is 0 Å². The van der Waals surface area contributed by atoms with Gasteiger partial charge in [-0.25, -0.2) is 4.98 Å². The summed E-state index contributed by atoms with van der Waals surface area (Å²) in [7, 11) is 0. The van der Waals surface area contributed by atoms with Gasteiger partial charge in [-0.2, -0.15) is 5.10 Å². The number of benzene rings is 2.